The molecule has 3 aromatic rings. The first-order chi connectivity index (χ1) is 13.1. The summed E-state index contributed by atoms with van der Waals surface area (Å²) in [4.78, 5) is 19.6. The van der Waals surface area contributed by atoms with Gasteiger partial charge in [0.05, 0.1) is 0 Å². The van der Waals surface area contributed by atoms with Gasteiger partial charge in [0.2, 0.25) is 0 Å². The normalized spacial score (nSPS) is 14.5. The van der Waals surface area contributed by atoms with Gasteiger partial charge in [-0.25, -0.2) is 4.98 Å². The molecule has 0 bridgehead atoms. The highest BCUT2D eigenvalue weighted by Gasteiger charge is 2.06. The Morgan fingerprint density at radius 1 is 1.04 bits per heavy atom. The average molecular weight is 364 g/mol. The van der Waals surface area contributed by atoms with Crippen molar-refractivity contribution in [2.75, 3.05) is 39.1 Å². The first-order valence-corrected chi connectivity index (χ1v) is 9.47. The van der Waals surface area contributed by atoms with Crippen LogP contribution in [0.15, 0.2) is 48.8 Å². The Balaban J connectivity index is 0.000000253. The van der Waals surface area contributed by atoms with E-state index in [0.29, 0.717) is 5.56 Å². The van der Waals surface area contributed by atoms with E-state index in [1.807, 2.05) is 37.0 Å². The molecule has 0 saturated carbocycles. The maximum atomic E-state index is 10.8. The second-order valence-corrected chi connectivity index (χ2v) is 7.26. The van der Waals surface area contributed by atoms with Crippen LogP contribution in [-0.2, 0) is 0 Å². The predicted octanol–water partition coefficient (Wildman–Crippen LogP) is 4.01. The number of hydrogen-bond donors (Lipinski definition) is 0. The van der Waals surface area contributed by atoms with Crippen molar-refractivity contribution in [3.63, 3.8) is 0 Å². The van der Waals surface area contributed by atoms with Crippen molar-refractivity contribution in [1.82, 2.24) is 14.5 Å². The molecule has 4 rings (SSSR count). The lowest BCUT2D eigenvalue weighted by Crippen LogP contribution is -2.24. The fraction of sp³-hybridized carbons (Fsp3) is 0.364. The number of nitrogens with zero attached hydrogens (tertiary/aromatic N) is 4. The maximum absolute atomic E-state index is 10.8. The standard InChI is InChI=1S/C16H15N3O.C6H13N/c1-18(2)14-3-5-15(6-4-14)19-8-7-13-9-12(11-20)10-17-16(13)19;1-7-5-3-2-4-6-7/h3-11H,1-2H3;2-6H2,1H3. The molecular weight excluding hydrogens is 336 g/mol. The van der Waals surface area contributed by atoms with Gasteiger partial charge in [-0.3, -0.25) is 4.79 Å². The van der Waals surface area contributed by atoms with Crippen LogP contribution in [0.4, 0.5) is 5.69 Å². The monoisotopic (exact) mass is 364 g/mol. The predicted molar refractivity (Wildman–Crippen MR) is 112 cm³/mol. The Hall–Kier alpha value is -2.66. The molecule has 1 fully saturated rings. The Labute approximate surface area is 161 Å². The van der Waals surface area contributed by atoms with Crippen LogP contribution in [-0.4, -0.2) is 55.0 Å². The van der Waals surface area contributed by atoms with Crippen molar-refractivity contribution in [3.05, 3.63) is 54.4 Å². The lowest BCUT2D eigenvalue weighted by molar-refractivity contribution is 0.112. The second kappa shape index (κ2) is 8.82. The summed E-state index contributed by atoms with van der Waals surface area (Å²) < 4.78 is 2.02. The van der Waals surface area contributed by atoms with Crippen molar-refractivity contribution in [2.45, 2.75) is 19.3 Å². The van der Waals surface area contributed by atoms with Crippen LogP contribution in [0.3, 0.4) is 0 Å². The molecule has 142 valence electrons. The summed E-state index contributed by atoms with van der Waals surface area (Å²) in [5.74, 6) is 0. The van der Waals surface area contributed by atoms with Gasteiger partial charge in [0.25, 0.3) is 0 Å². The lowest BCUT2D eigenvalue weighted by Gasteiger charge is -2.20. The topological polar surface area (TPSA) is 41.4 Å². The van der Waals surface area contributed by atoms with Crippen molar-refractivity contribution >= 4 is 23.0 Å². The van der Waals surface area contributed by atoms with Gasteiger partial charge >= 0.3 is 0 Å². The molecule has 3 heterocycles. The zero-order chi connectivity index (χ0) is 19.2. The molecule has 27 heavy (non-hydrogen) atoms. The number of likely N-dealkylation sites (tertiary alicyclic amines) is 1. The van der Waals surface area contributed by atoms with E-state index in [1.54, 1.807) is 6.20 Å². The van der Waals surface area contributed by atoms with Gasteiger partial charge in [0, 0.05) is 48.8 Å². The van der Waals surface area contributed by atoms with Crippen molar-refractivity contribution in [2.24, 2.45) is 0 Å². The summed E-state index contributed by atoms with van der Waals surface area (Å²) in [7, 11) is 6.23. The van der Waals surface area contributed by atoms with E-state index in [0.717, 1.165) is 28.7 Å². The Morgan fingerprint density at radius 2 is 1.74 bits per heavy atom. The highest BCUT2D eigenvalue weighted by Crippen LogP contribution is 2.21. The van der Waals surface area contributed by atoms with Gasteiger partial charge < -0.3 is 14.4 Å². The van der Waals surface area contributed by atoms with Crippen LogP contribution in [0.1, 0.15) is 29.6 Å². The number of carbonyl (C=O) groups excluding carboxylic acids is 1. The molecule has 0 unspecified atom stereocenters. The summed E-state index contributed by atoms with van der Waals surface area (Å²) in [6.45, 7) is 2.64. The molecule has 0 spiro atoms. The number of rotatable bonds is 3. The Kier molecular flexibility index (Phi) is 6.24. The molecule has 5 nitrogen and oxygen atoms in total. The van der Waals surface area contributed by atoms with Gasteiger partial charge in [-0.15, -0.1) is 0 Å². The van der Waals surface area contributed by atoms with Crippen LogP contribution in [0.5, 0.6) is 0 Å². The molecule has 0 N–H and O–H groups in total. The zero-order valence-electron chi connectivity index (χ0n) is 16.4. The highest BCUT2D eigenvalue weighted by atomic mass is 16.1. The van der Waals surface area contributed by atoms with Crippen molar-refractivity contribution < 1.29 is 4.79 Å². The molecule has 1 saturated heterocycles. The molecule has 1 aliphatic heterocycles. The number of fused-ring (bicyclic) bond motifs is 1. The van der Waals surface area contributed by atoms with Crippen molar-refractivity contribution in [1.29, 1.82) is 0 Å². The number of piperidine rings is 1. The van der Waals surface area contributed by atoms with Crippen LogP contribution in [0.25, 0.3) is 16.7 Å². The molecule has 2 aromatic heterocycles. The minimum Gasteiger partial charge on any atom is -0.378 e. The van der Waals surface area contributed by atoms with E-state index in [-0.39, 0.29) is 0 Å². The third-order valence-corrected chi connectivity index (χ3v) is 4.91. The van der Waals surface area contributed by atoms with Gasteiger partial charge in [-0.2, -0.15) is 0 Å². The Bertz CT molecular complexity index is 877. The first-order valence-electron chi connectivity index (χ1n) is 9.47. The second-order valence-electron chi connectivity index (χ2n) is 7.26. The molecule has 0 radical (unpaired) electrons. The van der Waals surface area contributed by atoms with Gasteiger partial charge in [-0.05, 0) is 69.4 Å². The molecular formula is C22H28N4O. The number of pyridine rings is 1. The van der Waals surface area contributed by atoms with Gasteiger partial charge in [0.15, 0.2) is 6.29 Å². The number of aldehydes is 1. The third kappa shape index (κ3) is 4.74. The van der Waals surface area contributed by atoms with E-state index in [1.165, 1.54) is 32.4 Å². The van der Waals surface area contributed by atoms with E-state index in [2.05, 4.69) is 46.1 Å². The van der Waals surface area contributed by atoms with E-state index >= 15 is 0 Å². The average Bonchev–Trinajstić information content (AvgIpc) is 3.12. The van der Waals surface area contributed by atoms with Crippen molar-refractivity contribution in [3.8, 4) is 5.69 Å². The SMILES string of the molecule is CN(C)c1ccc(-n2ccc3cc(C=O)cnc32)cc1.CN1CCCCC1. The van der Waals surface area contributed by atoms with E-state index < -0.39 is 0 Å². The van der Waals surface area contributed by atoms with E-state index in [4.69, 9.17) is 0 Å². The molecule has 5 heteroatoms. The van der Waals surface area contributed by atoms with Gasteiger partial charge in [0.1, 0.15) is 5.65 Å². The zero-order valence-corrected chi connectivity index (χ0v) is 16.4. The van der Waals surface area contributed by atoms with Crippen LogP contribution < -0.4 is 4.90 Å². The minimum atomic E-state index is 0.596. The largest absolute Gasteiger partial charge is 0.378 e. The first kappa shape index (κ1) is 19.1. The summed E-state index contributed by atoms with van der Waals surface area (Å²) in [6.07, 6.45) is 8.66. The number of carbonyl (C=O) groups is 1. The summed E-state index contributed by atoms with van der Waals surface area (Å²) in [5, 5.41) is 0.964. The van der Waals surface area contributed by atoms with Crippen LogP contribution >= 0.6 is 0 Å². The molecule has 1 aliphatic rings. The maximum Gasteiger partial charge on any atom is 0.151 e. The number of benzene rings is 1. The highest BCUT2D eigenvalue weighted by molar-refractivity contribution is 5.85. The molecule has 0 aliphatic carbocycles. The molecule has 0 atom stereocenters. The fourth-order valence-corrected chi connectivity index (χ4v) is 3.28. The third-order valence-electron chi connectivity index (χ3n) is 4.91. The van der Waals surface area contributed by atoms with Crippen LogP contribution in [0, 0.1) is 0 Å². The molecule has 1 aromatic carbocycles. The smallest absolute Gasteiger partial charge is 0.151 e. The molecule has 0 amide bonds. The lowest BCUT2D eigenvalue weighted by atomic mass is 10.1. The number of anilines is 1. The quantitative estimate of drug-likeness (QED) is 0.659. The minimum absolute atomic E-state index is 0.596. The summed E-state index contributed by atoms with van der Waals surface area (Å²) in [5.41, 5.74) is 3.66. The fourth-order valence-electron chi connectivity index (χ4n) is 3.28. The number of hydrogen-bond acceptors (Lipinski definition) is 4. The van der Waals surface area contributed by atoms with Crippen LogP contribution in [0.2, 0.25) is 0 Å². The summed E-state index contributed by atoms with van der Waals surface area (Å²) in [6, 6.07) is 12.1. The van der Waals surface area contributed by atoms with Gasteiger partial charge in [-0.1, -0.05) is 6.42 Å². The number of aromatic nitrogens is 2. The van der Waals surface area contributed by atoms with E-state index in [9.17, 15) is 4.79 Å². The summed E-state index contributed by atoms with van der Waals surface area (Å²) >= 11 is 0. The Morgan fingerprint density at radius 3 is 2.30 bits per heavy atom.